The molecule has 0 spiro atoms. The highest BCUT2D eigenvalue weighted by molar-refractivity contribution is 5.85. The van der Waals surface area contributed by atoms with Crippen LogP contribution >= 0.6 is 0 Å². The van der Waals surface area contributed by atoms with E-state index in [1.807, 2.05) is 27.7 Å². The molecule has 0 bridgehead atoms. The lowest BCUT2D eigenvalue weighted by atomic mass is 10.0. The van der Waals surface area contributed by atoms with E-state index in [9.17, 15) is 4.79 Å². The summed E-state index contributed by atoms with van der Waals surface area (Å²) in [6, 6.07) is 5.97. The van der Waals surface area contributed by atoms with E-state index in [1.165, 1.54) is 5.56 Å². The molecule has 2 N–H and O–H groups in total. The Morgan fingerprint density at radius 2 is 1.95 bits per heavy atom. The lowest BCUT2D eigenvalue weighted by Crippen LogP contribution is -2.48. The van der Waals surface area contributed by atoms with Crippen molar-refractivity contribution in [1.29, 1.82) is 0 Å². The predicted molar refractivity (Wildman–Crippen MR) is 81.5 cm³/mol. The van der Waals surface area contributed by atoms with Crippen LogP contribution < -0.4 is 10.6 Å². The van der Waals surface area contributed by atoms with Gasteiger partial charge in [-0.1, -0.05) is 19.1 Å². The van der Waals surface area contributed by atoms with E-state index in [0.29, 0.717) is 0 Å². The number of anilines is 1. The molecule has 0 aliphatic carbocycles. The van der Waals surface area contributed by atoms with E-state index in [4.69, 9.17) is 0 Å². The first-order chi connectivity index (χ1) is 8.75. The SMILES string of the molecule is CCC(C)(C)NC(=O)C(C)Nc1cc(C)ccc1C. The Hall–Kier alpha value is -1.51. The van der Waals surface area contributed by atoms with Gasteiger partial charge in [-0.05, 0) is 58.2 Å². The zero-order valence-electron chi connectivity index (χ0n) is 12.9. The standard InChI is InChI=1S/C16H26N2O/c1-7-16(5,6)18-15(19)13(4)17-14-10-11(2)8-9-12(14)3/h8-10,13,17H,7H2,1-6H3,(H,18,19). The molecule has 0 heterocycles. The molecule has 3 nitrogen and oxygen atoms in total. The Balaban J connectivity index is 2.71. The molecule has 0 aliphatic rings. The van der Waals surface area contributed by atoms with Crippen molar-refractivity contribution in [3.8, 4) is 0 Å². The van der Waals surface area contributed by atoms with Gasteiger partial charge in [-0.25, -0.2) is 0 Å². The van der Waals surface area contributed by atoms with E-state index < -0.39 is 0 Å². The topological polar surface area (TPSA) is 41.1 Å². The highest BCUT2D eigenvalue weighted by atomic mass is 16.2. The average molecular weight is 262 g/mol. The zero-order chi connectivity index (χ0) is 14.6. The molecule has 3 heteroatoms. The van der Waals surface area contributed by atoms with Crippen LogP contribution in [0.1, 0.15) is 45.2 Å². The van der Waals surface area contributed by atoms with Crippen LogP contribution in [0, 0.1) is 13.8 Å². The Kier molecular flexibility index (Phi) is 4.98. The van der Waals surface area contributed by atoms with Gasteiger partial charge in [0.15, 0.2) is 0 Å². The highest BCUT2D eigenvalue weighted by Crippen LogP contribution is 2.17. The summed E-state index contributed by atoms with van der Waals surface area (Å²) in [5.74, 6) is 0.0350. The van der Waals surface area contributed by atoms with Crippen LogP contribution in [0.2, 0.25) is 0 Å². The smallest absolute Gasteiger partial charge is 0.242 e. The molecule has 0 saturated heterocycles. The number of benzene rings is 1. The molecule has 1 rings (SSSR count). The summed E-state index contributed by atoms with van der Waals surface area (Å²) in [7, 11) is 0. The summed E-state index contributed by atoms with van der Waals surface area (Å²) in [4.78, 5) is 12.1. The van der Waals surface area contributed by atoms with Crippen LogP contribution in [-0.2, 0) is 4.79 Å². The van der Waals surface area contributed by atoms with Crippen molar-refractivity contribution in [2.45, 2.75) is 59.5 Å². The van der Waals surface area contributed by atoms with E-state index in [-0.39, 0.29) is 17.5 Å². The van der Waals surface area contributed by atoms with Crippen LogP contribution in [0.4, 0.5) is 5.69 Å². The zero-order valence-corrected chi connectivity index (χ0v) is 12.9. The van der Waals surface area contributed by atoms with Crippen molar-refractivity contribution >= 4 is 11.6 Å². The molecular weight excluding hydrogens is 236 g/mol. The molecule has 0 saturated carbocycles. The number of carbonyl (C=O) groups excluding carboxylic acids is 1. The molecule has 1 amide bonds. The Morgan fingerprint density at radius 1 is 1.32 bits per heavy atom. The maximum atomic E-state index is 12.1. The van der Waals surface area contributed by atoms with Gasteiger partial charge in [0, 0.05) is 11.2 Å². The second-order valence-corrected chi connectivity index (χ2v) is 5.91. The molecule has 19 heavy (non-hydrogen) atoms. The van der Waals surface area contributed by atoms with Gasteiger partial charge in [-0.15, -0.1) is 0 Å². The summed E-state index contributed by atoms with van der Waals surface area (Å²) in [6.45, 7) is 12.1. The molecule has 0 fully saturated rings. The van der Waals surface area contributed by atoms with Crippen LogP contribution in [0.5, 0.6) is 0 Å². The number of hydrogen-bond acceptors (Lipinski definition) is 2. The maximum Gasteiger partial charge on any atom is 0.242 e. The number of hydrogen-bond donors (Lipinski definition) is 2. The van der Waals surface area contributed by atoms with Gasteiger partial charge in [0.1, 0.15) is 6.04 Å². The summed E-state index contributed by atoms with van der Waals surface area (Å²) < 4.78 is 0. The molecular formula is C16H26N2O. The third-order valence-corrected chi connectivity index (χ3v) is 3.50. The van der Waals surface area contributed by atoms with Crippen molar-refractivity contribution in [3.05, 3.63) is 29.3 Å². The minimum atomic E-state index is -0.244. The van der Waals surface area contributed by atoms with Gasteiger partial charge in [-0.3, -0.25) is 4.79 Å². The van der Waals surface area contributed by atoms with Gasteiger partial charge in [-0.2, -0.15) is 0 Å². The largest absolute Gasteiger partial charge is 0.374 e. The lowest BCUT2D eigenvalue weighted by molar-refractivity contribution is -0.123. The molecule has 0 radical (unpaired) electrons. The van der Waals surface area contributed by atoms with Crippen LogP contribution in [0.15, 0.2) is 18.2 Å². The number of carbonyl (C=O) groups is 1. The first-order valence-corrected chi connectivity index (χ1v) is 6.91. The normalized spacial score (nSPS) is 12.9. The number of amides is 1. The van der Waals surface area contributed by atoms with Gasteiger partial charge in [0.2, 0.25) is 5.91 Å². The minimum absolute atomic E-state index is 0.0350. The van der Waals surface area contributed by atoms with Crippen LogP contribution in [0.3, 0.4) is 0 Å². The van der Waals surface area contributed by atoms with E-state index in [2.05, 4.69) is 42.7 Å². The Morgan fingerprint density at radius 3 is 2.53 bits per heavy atom. The molecule has 1 atom stereocenters. The number of aryl methyl sites for hydroxylation is 2. The molecule has 0 aromatic heterocycles. The van der Waals surface area contributed by atoms with Gasteiger partial charge in [0.05, 0.1) is 0 Å². The molecule has 0 aliphatic heterocycles. The van der Waals surface area contributed by atoms with E-state index >= 15 is 0 Å². The third-order valence-electron chi connectivity index (χ3n) is 3.50. The summed E-state index contributed by atoms with van der Waals surface area (Å²) in [5, 5.41) is 6.34. The fourth-order valence-electron chi connectivity index (χ4n) is 1.72. The monoisotopic (exact) mass is 262 g/mol. The van der Waals surface area contributed by atoms with Crippen molar-refractivity contribution < 1.29 is 4.79 Å². The first kappa shape index (κ1) is 15.5. The second-order valence-electron chi connectivity index (χ2n) is 5.91. The lowest BCUT2D eigenvalue weighted by Gasteiger charge is -2.27. The number of rotatable bonds is 5. The van der Waals surface area contributed by atoms with Gasteiger partial charge in [0.25, 0.3) is 0 Å². The summed E-state index contributed by atoms with van der Waals surface area (Å²) >= 11 is 0. The highest BCUT2D eigenvalue weighted by Gasteiger charge is 2.21. The minimum Gasteiger partial charge on any atom is -0.374 e. The predicted octanol–water partition coefficient (Wildman–Crippen LogP) is 3.41. The first-order valence-electron chi connectivity index (χ1n) is 6.91. The van der Waals surface area contributed by atoms with Crippen molar-refractivity contribution in [3.63, 3.8) is 0 Å². The third kappa shape index (κ3) is 4.58. The average Bonchev–Trinajstić information content (AvgIpc) is 2.33. The van der Waals surface area contributed by atoms with Crippen LogP contribution in [0.25, 0.3) is 0 Å². The molecule has 1 aromatic rings. The fourth-order valence-corrected chi connectivity index (χ4v) is 1.72. The van der Waals surface area contributed by atoms with Crippen molar-refractivity contribution in [2.75, 3.05) is 5.32 Å². The summed E-state index contributed by atoms with van der Waals surface area (Å²) in [6.07, 6.45) is 0.912. The van der Waals surface area contributed by atoms with Crippen molar-refractivity contribution in [2.24, 2.45) is 0 Å². The van der Waals surface area contributed by atoms with Crippen molar-refractivity contribution in [1.82, 2.24) is 5.32 Å². The maximum absolute atomic E-state index is 12.1. The summed E-state index contributed by atoms with van der Waals surface area (Å²) in [5.41, 5.74) is 3.21. The molecule has 1 unspecified atom stereocenters. The molecule has 1 aromatic carbocycles. The van der Waals surface area contributed by atoms with E-state index in [1.54, 1.807) is 0 Å². The fraction of sp³-hybridized carbons (Fsp3) is 0.562. The second kappa shape index (κ2) is 6.09. The number of nitrogens with one attached hydrogen (secondary N) is 2. The Labute approximate surface area is 116 Å². The van der Waals surface area contributed by atoms with Gasteiger partial charge < -0.3 is 10.6 Å². The molecule has 106 valence electrons. The van der Waals surface area contributed by atoms with E-state index in [0.717, 1.165) is 17.7 Å². The van der Waals surface area contributed by atoms with Crippen LogP contribution in [-0.4, -0.2) is 17.5 Å². The quantitative estimate of drug-likeness (QED) is 0.854. The van der Waals surface area contributed by atoms with Gasteiger partial charge >= 0.3 is 0 Å². The Bertz CT molecular complexity index is 452.